The van der Waals surface area contributed by atoms with Gasteiger partial charge in [0.25, 0.3) is 0 Å². The molecule has 0 radical (unpaired) electrons. The van der Waals surface area contributed by atoms with Crippen molar-refractivity contribution in [1.82, 2.24) is 19.8 Å². The number of fused-ring (bicyclic) bond motifs is 1. The van der Waals surface area contributed by atoms with Crippen molar-refractivity contribution in [1.29, 1.82) is 0 Å². The third kappa shape index (κ3) is 3.84. The third-order valence-electron chi connectivity index (χ3n) is 3.01. The molecule has 3 rings (SSSR count). The summed E-state index contributed by atoms with van der Waals surface area (Å²) >= 11 is 1.29. The van der Waals surface area contributed by atoms with Gasteiger partial charge in [-0.05, 0) is 18.1 Å². The number of para-hydroxylation sites is 1. The Hall–Kier alpha value is -2.48. The van der Waals surface area contributed by atoms with E-state index in [0.29, 0.717) is 28.3 Å². The van der Waals surface area contributed by atoms with E-state index < -0.39 is 0 Å². The number of hydrogen-bond acceptors (Lipinski definition) is 6. The normalized spacial score (nSPS) is 11.1. The van der Waals surface area contributed by atoms with Crippen LogP contribution < -0.4 is 10.1 Å². The van der Waals surface area contributed by atoms with Crippen LogP contribution in [0.4, 0.5) is 5.13 Å². The molecule has 0 bridgehead atoms. The van der Waals surface area contributed by atoms with Gasteiger partial charge in [0.15, 0.2) is 5.82 Å². The molecule has 0 atom stereocenters. The van der Waals surface area contributed by atoms with E-state index in [9.17, 15) is 4.79 Å². The van der Waals surface area contributed by atoms with Gasteiger partial charge in [0.2, 0.25) is 16.0 Å². The molecule has 2 heterocycles. The fourth-order valence-corrected chi connectivity index (χ4v) is 2.78. The monoisotopic (exact) mass is 331 g/mol. The summed E-state index contributed by atoms with van der Waals surface area (Å²) in [5, 5.41) is 15.8. The first-order chi connectivity index (χ1) is 11.1. The van der Waals surface area contributed by atoms with E-state index in [0.717, 1.165) is 5.75 Å². The third-order valence-corrected chi connectivity index (χ3v) is 3.82. The van der Waals surface area contributed by atoms with Gasteiger partial charge in [-0.2, -0.15) is 4.52 Å². The number of rotatable bonds is 6. The summed E-state index contributed by atoms with van der Waals surface area (Å²) in [7, 11) is 0. The standard InChI is InChI=1S/C15H17N5O2S/c1-10(2)8-13(21)16-14-19-20-12(17-18-15(20)23-14)9-22-11-6-4-3-5-7-11/h3-7,10H,8-9H2,1-2H3,(H,16,19,21). The summed E-state index contributed by atoms with van der Waals surface area (Å²) in [5.74, 6) is 1.59. The molecule has 1 aromatic carbocycles. The molecule has 1 N–H and O–H groups in total. The maximum Gasteiger partial charge on any atom is 0.236 e. The van der Waals surface area contributed by atoms with Crippen molar-refractivity contribution in [3.8, 4) is 5.75 Å². The zero-order chi connectivity index (χ0) is 16.2. The van der Waals surface area contributed by atoms with Crippen molar-refractivity contribution in [2.24, 2.45) is 5.92 Å². The summed E-state index contributed by atoms with van der Waals surface area (Å²) in [6.45, 7) is 4.25. The number of amides is 1. The number of benzene rings is 1. The molecular weight excluding hydrogens is 314 g/mol. The highest BCUT2D eigenvalue weighted by Crippen LogP contribution is 2.20. The lowest BCUT2D eigenvalue weighted by atomic mass is 10.1. The Kier molecular flexibility index (Phi) is 4.52. The number of hydrogen-bond donors (Lipinski definition) is 1. The fraction of sp³-hybridized carbons (Fsp3) is 0.333. The lowest BCUT2D eigenvalue weighted by molar-refractivity contribution is -0.116. The topological polar surface area (TPSA) is 81.4 Å². The molecule has 2 aromatic heterocycles. The van der Waals surface area contributed by atoms with Crippen molar-refractivity contribution < 1.29 is 9.53 Å². The number of carbonyl (C=O) groups is 1. The quantitative estimate of drug-likeness (QED) is 0.751. The maximum absolute atomic E-state index is 11.8. The summed E-state index contributed by atoms with van der Waals surface area (Å²) < 4.78 is 7.25. The Morgan fingerprint density at radius 3 is 2.83 bits per heavy atom. The molecule has 23 heavy (non-hydrogen) atoms. The Morgan fingerprint density at radius 1 is 1.30 bits per heavy atom. The van der Waals surface area contributed by atoms with Gasteiger partial charge < -0.3 is 10.1 Å². The number of anilines is 1. The lowest BCUT2D eigenvalue weighted by Gasteiger charge is -2.04. The van der Waals surface area contributed by atoms with Gasteiger partial charge in [-0.15, -0.1) is 15.3 Å². The van der Waals surface area contributed by atoms with E-state index in [-0.39, 0.29) is 12.5 Å². The zero-order valence-corrected chi connectivity index (χ0v) is 13.7. The van der Waals surface area contributed by atoms with Gasteiger partial charge in [-0.25, -0.2) is 0 Å². The predicted molar refractivity (Wildman–Crippen MR) is 87.5 cm³/mol. The van der Waals surface area contributed by atoms with Crippen LogP contribution in [0.3, 0.4) is 0 Å². The van der Waals surface area contributed by atoms with E-state index in [1.54, 1.807) is 4.52 Å². The number of aromatic nitrogens is 4. The van der Waals surface area contributed by atoms with Gasteiger partial charge >= 0.3 is 0 Å². The highest BCUT2D eigenvalue weighted by molar-refractivity contribution is 7.20. The number of nitrogens with one attached hydrogen (secondary N) is 1. The minimum absolute atomic E-state index is 0.0490. The van der Waals surface area contributed by atoms with E-state index in [4.69, 9.17) is 4.74 Å². The van der Waals surface area contributed by atoms with Crippen molar-refractivity contribution in [3.63, 3.8) is 0 Å². The van der Waals surface area contributed by atoms with E-state index in [1.807, 2.05) is 44.2 Å². The van der Waals surface area contributed by atoms with Gasteiger partial charge in [0.1, 0.15) is 12.4 Å². The predicted octanol–water partition coefficient (Wildman–Crippen LogP) is 2.75. The van der Waals surface area contributed by atoms with Crippen LogP contribution in [-0.2, 0) is 11.4 Å². The first kappa shape index (κ1) is 15.4. The number of carbonyl (C=O) groups excluding carboxylic acids is 1. The van der Waals surface area contributed by atoms with Gasteiger partial charge in [0.05, 0.1) is 0 Å². The Bertz CT molecular complexity index is 797. The van der Waals surface area contributed by atoms with Crippen LogP contribution in [0.5, 0.6) is 5.75 Å². The second-order valence-corrected chi connectivity index (χ2v) is 6.42. The van der Waals surface area contributed by atoms with E-state index in [2.05, 4.69) is 20.6 Å². The molecular formula is C15H17N5O2S. The zero-order valence-electron chi connectivity index (χ0n) is 12.9. The summed E-state index contributed by atoms with van der Waals surface area (Å²) in [6, 6.07) is 9.47. The molecule has 0 spiro atoms. The first-order valence-electron chi connectivity index (χ1n) is 7.30. The molecule has 120 valence electrons. The second-order valence-electron chi connectivity index (χ2n) is 5.47. The highest BCUT2D eigenvalue weighted by atomic mass is 32.1. The largest absolute Gasteiger partial charge is 0.486 e. The van der Waals surface area contributed by atoms with Crippen LogP contribution in [0, 0.1) is 5.92 Å². The Morgan fingerprint density at radius 2 is 2.09 bits per heavy atom. The van der Waals surface area contributed by atoms with Crippen LogP contribution in [0.1, 0.15) is 26.1 Å². The van der Waals surface area contributed by atoms with Crippen LogP contribution in [0.15, 0.2) is 30.3 Å². The van der Waals surface area contributed by atoms with Crippen LogP contribution >= 0.6 is 11.3 Å². The van der Waals surface area contributed by atoms with Crippen molar-refractivity contribution in [2.45, 2.75) is 26.9 Å². The fourth-order valence-electron chi connectivity index (χ4n) is 2.00. The second kappa shape index (κ2) is 6.74. The maximum atomic E-state index is 11.8. The van der Waals surface area contributed by atoms with Crippen molar-refractivity contribution in [2.75, 3.05) is 5.32 Å². The Labute approximate surface area is 137 Å². The number of nitrogens with zero attached hydrogens (tertiary/aromatic N) is 4. The molecule has 0 saturated heterocycles. The van der Waals surface area contributed by atoms with Crippen molar-refractivity contribution in [3.05, 3.63) is 36.2 Å². The molecule has 0 aliphatic rings. The van der Waals surface area contributed by atoms with Crippen LogP contribution in [0.25, 0.3) is 4.96 Å². The molecule has 0 saturated carbocycles. The van der Waals surface area contributed by atoms with Gasteiger partial charge in [-0.3, -0.25) is 4.79 Å². The average molecular weight is 331 g/mol. The lowest BCUT2D eigenvalue weighted by Crippen LogP contribution is -2.14. The summed E-state index contributed by atoms with van der Waals surface area (Å²) in [4.78, 5) is 12.4. The minimum Gasteiger partial charge on any atom is -0.486 e. The molecule has 7 nitrogen and oxygen atoms in total. The molecule has 0 aliphatic heterocycles. The summed E-state index contributed by atoms with van der Waals surface area (Å²) in [5.41, 5.74) is 0. The molecule has 0 fully saturated rings. The highest BCUT2D eigenvalue weighted by Gasteiger charge is 2.14. The minimum atomic E-state index is -0.0490. The average Bonchev–Trinajstić information content (AvgIpc) is 3.05. The Balaban J connectivity index is 1.69. The summed E-state index contributed by atoms with van der Waals surface area (Å²) in [6.07, 6.45) is 0.462. The van der Waals surface area contributed by atoms with E-state index in [1.165, 1.54) is 11.3 Å². The first-order valence-corrected chi connectivity index (χ1v) is 8.12. The number of ether oxygens (including phenoxy) is 1. The molecule has 0 aliphatic carbocycles. The van der Waals surface area contributed by atoms with Crippen LogP contribution in [0.2, 0.25) is 0 Å². The molecule has 3 aromatic rings. The van der Waals surface area contributed by atoms with Crippen LogP contribution in [-0.4, -0.2) is 25.7 Å². The van der Waals surface area contributed by atoms with Gasteiger partial charge in [-0.1, -0.05) is 43.4 Å². The van der Waals surface area contributed by atoms with E-state index >= 15 is 0 Å². The SMILES string of the molecule is CC(C)CC(=O)Nc1nn2c(COc3ccccc3)nnc2s1. The molecule has 0 unspecified atom stereocenters. The smallest absolute Gasteiger partial charge is 0.236 e. The molecule has 8 heteroatoms. The van der Waals surface area contributed by atoms with Crippen molar-refractivity contribution >= 4 is 27.3 Å². The molecule has 1 amide bonds. The van der Waals surface area contributed by atoms with Gasteiger partial charge in [0, 0.05) is 6.42 Å².